The van der Waals surface area contributed by atoms with Crippen LogP contribution in [0.4, 0.5) is 0 Å². The van der Waals surface area contributed by atoms with Crippen LogP contribution in [-0.2, 0) is 0 Å². The highest BCUT2D eigenvalue weighted by Crippen LogP contribution is 2.22. The summed E-state index contributed by atoms with van der Waals surface area (Å²) in [6.45, 7) is 3.83. The fourth-order valence-corrected chi connectivity index (χ4v) is 1.42. The number of furan rings is 1. The highest BCUT2D eigenvalue weighted by atomic mass is 16.5. The second-order valence-corrected chi connectivity index (χ2v) is 3.67. The molecule has 0 radical (unpaired) electrons. The third-order valence-corrected chi connectivity index (χ3v) is 2.25. The molecule has 5 heteroatoms. The zero-order valence-electron chi connectivity index (χ0n) is 9.30. The molecular weight excluding hydrogens is 208 g/mol. The van der Waals surface area contributed by atoms with Crippen molar-refractivity contribution in [3.05, 3.63) is 23.7 Å². The van der Waals surface area contributed by atoms with Crippen LogP contribution >= 0.6 is 0 Å². The lowest BCUT2D eigenvalue weighted by atomic mass is 10.2. The van der Waals surface area contributed by atoms with Gasteiger partial charge in [-0.2, -0.15) is 4.98 Å². The van der Waals surface area contributed by atoms with Gasteiger partial charge in [0.1, 0.15) is 11.9 Å². The van der Waals surface area contributed by atoms with Crippen molar-refractivity contribution in [1.82, 2.24) is 10.1 Å². The third kappa shape index (κ3) is 2.14. The molecule has 0 aliphatic carbocycles. The minimum atomic E-state index is -0.668. The van der Waals surface area contributed by atoms with Crippen LogP contribution in [0.3, 0.4) is 0 Å². The van der Waals surface area contributed by atoms with Crippen LogP contribution in [0.1, 0.15) is 37.5 Å². The van der Waals surface area contributed by atoms with Gasteiger partial charge in [0.25, 0.3) is 5.89 Å². The van der Waals surface area contributed by atoms with E-state index in [2.05, 4.69) is 10.1 Å². The zero-order chi connectivity index (χ0) is 11.5. The third-order valence-electron chi connectivity index (χ3n) is 2.25. The lowest BCUT2D eigenvalue weighted by Gasteiger charge is -2.00. The van der Waals surface area contributed by atoms with E-state index in [0.717, 1.165) is 12.2 Å². The molecule has 1 unspecified atom stereocenters. The van der Waals surface area contributed by atoms with E-state index in [-0.39, 0.29) is 0 Å². The van der Waals surface area contributed by atoms with E-state index >= 15 is 0 Å². The molecule has 0 saturated carbocycles. The Kier molecular flexibility index (Phi) is 3.05. The SMILES string of the molecule is CCCC(O)c1noc(-c2ccc(C)o2)n1. The van der Waals surface area contributed by atoms with E-state index in [0.29, 0.717) is 23.9 Å². The van der Waals surface area contributed by atoms with E-state index < -0.39 is 6.10 Å². The molecule has 2 heterocycles. The summed E-state index contributed by atoms with van der Waals surface area (Å²) < 4.78 is 10.4. The molecule has 2 rings (SSSR count). The van der Waals surface area contributed by atoms with Crippen LogP contribution in [0.25, 0.3) is 11.7 Å². The molecule has 0 aromatic carbocycles. The summed E-state index contributed by atoms with van der Waals surface area (Å²) in [7, 11) is 0. The first-order chi connectivity index (χ1) is 7.70. The second kappa shape index (κ2) is 4.49. The normalized spacial score (nSPS) is 12.9. The maximum absolute atomic E-state index is 9.67. The minimum absolute atomic E-state index is 0.304. The summed E-state index contributed by atoms with van der Waals surface area (Å²) in [5.74, 6) is 1.92. The summed E-state index contributed by atoms with van der Waals surface area (Å²) >= 11 is 0. The summed E-state index contributed by atoms with van der Waals surface area (Å²) in [5, 5.41) is 13.4. The Balaban J connectivity index is 2.19. The highest BCUT2D eigenvalue weighted by molar-refractivity contribution is 5.44. The maximum atomic E-state index is 9.67. The number of aromatic nitrogens is 2. The van der Waals surface area contributed by atoms with Crippen LogP contribution in [0.15, 0.2) is 21.1 Å². The number of aliphatic hydroxyl groups excluding tert-OH is 1. The molecule has 0 spiro atoms. The van der Waals surface area contributed by atoms with Crippen LogP contribution in [0.2, 0.25) is 0 Å². The molecule has 1 atom stereocenters. The van der Waals surface area contributed by atoms with Gasteiger partial charge in [0.2, 0.25) is 5.82 Å². The van der Waals surface area contributed by atoms with Crippen LogP contribution in [0.5, 0.6) is 0 Å². The van der Waals surface area contributed by atoms with Gasteiger partial charge >= 0.3 is 0 Å². The quantitative estimate of drug-likeness (QED) is 0.860. The Morgan fingerprint density at radius 2 is 2.25 bits per heavy atom. The molecular formula is C11H14N2O3. The predicted molar refractivity (Wildman–Crippen MR) is 56.6 cm³/mol. The lowest BCUT2D eigenvalue weighted by molar-refractivity contribution is 0.153. The van der Waals surface area contributed by atoms with Crippen LogP contribution in [-0.4, -0.2) is 15.2 Å². The topological polar surface area (TPSA) is 72.3 Å². The Labute approximate surface area is 93.1 Å². The van der Waals surface area contributed by atoms with Gasteiger partial charge in [-0.15, -0.1) is 0 Å². The van der Waals surface area contributed by atoms with Gasteiger partial charge in [0.05, 0.1) is 0 Å². The van der Waals surface area contributed by atoms with E-state index in [9.17, 15) is 5.11 Å². The van der Waals surface area contributed by atoms with Gasteiger partial charge in [-0.3, -0.25) is 0 Å². The fourth-order valence-electron chi connectivity index (χ4n) is 1.42. The van der Waals surface area contributed by atoms with Crippen molar-refractivity contribution in [3.8, 4) is 11.7 Å². The minimum Gasteiger partial charge on any atom is -0.456 e. The predicted octanol–water partition coefficient (Wildman–Crippen LogP) is 2.47. The van der Waals surface area contributed by atoms with E-state index in [1.807, 2.05) is 19.9 Å². The fraction of sp³-hybridized carbons (Fsp3) is 0.455. The number of hydrogen-bond donors (Lipinski definition) is 1. The molecule has 16 heavy (non-hydrogen) atoms. The number of nitrogens with zero attached hydrogens (tertiary/aromatic N) is 2. The molecule has 0 saturated heterocycles. The largest absolute Gasteiger partial charge is 0.456 e. The van der Waals surface area contributed by atoms with Gasteiger partial charge in [-0.05, 0) is 25.5 Å². The first kappa shape index (κ1) is 10.9. The molecule has 0 aliphatic heterocycles. The lowest BCUT2D eigenvalue weighted by Crippen LogP contribution is -1.98. The van der Waals surface area contributed by atoms with Crippen molar-refractivity contribution >= 4 is 0 Å². The number of aliphatic hydroxyl groups is 1. The van der Waals surface area contributed by atoms with Crippen molar-refractivity contribution in [3.63, 3.8) is 0 Å². The van der Waals surface area contributed by atoms with Gasteiger partial charge in [0, 0.05) is 0 Å². The molecule has 5 nitrogen and oxygen atoms in total. The van der Waals surface area contributed by atoms with E-state index in [1.54, 1.807) is 6.07 Å². The van der Waals surface area contributed by atoms with Crippen molar-refractivity contribution in [2.45, 2.75) is 32.8 Å². The highest BCUT2D eigenvalue weighted by Gasteiger charge is 2.17. The van der Waals surface area contributed by atoms with Gasteiger partial charge in [-0.1, -0.05) is 18.5 Å². The number of hydrogen-bond acceptors (Lipinski definition) is 5. The number of aryl methyl sites for hydroxylation is 1. The van der Waals surface area contributed by atoms with Gasteiger partial charge < -0.3 is 14.0 Å². The maximum Gasteiger partial charge on any atom is 0.293 e. The standard InChI is InChI=1S/C11H14N2O3/c1-3-4-8(14)10-12-11(16-13-10)9-6-5-7(2)15-9/h5-6,8,14H,3-4H2,1-2H3. The Morgan fingerprint density at radius 3 is 2.88 bits per heavy atom. The average Bonchev–Trinajstić information content (AvgIpc) is 2.85. The Morgan fingerprint density at radius 1 is 1.44 bits per heavy atom. The molecule has 2 aromatic rings. The molecule has 0 aliphatic rings. The average molecular weight is 222 g/mol. The first-order valence-corrected chi connectivity index (χ1v) is 5.29. The molecule has 0 amide bonds. The van der Waals surface area contributed by atoms with Crippen LogP contribution in [0, 0.1) is 6.92 Å². The summed E-state index contributed by atoms with van der Waals surface area (Å²) in [6, 6.07) is 3.58. The zero-order valence-corrected chi connectivity index (χ0v) is 9.30. The van der Waals surface area contributed by atoms with Gasteiger partial charge in [-0.25, -0.2) is 0 Å². The molecule has 2 aromatic heterocycles. The molecule has 0 bridgehead atoms. The van der Waals surface area contributed by atoms with Crippen LogP contribution < -0.4 is 0 Å². The monoisotopic (exact) mass is 222 g/mol. The van der Waals surface area contributed by atoms with Crippen molar-refractivity contribution in [2.24, 2.45) is 0 Å². The molecule has 0 fully saturated rings. The summed E-state index contributed by atoms with van der Waals surface area (Å²) in [4.78, 5) is 4.09. The first-order valence-electron chi connectivity index (χ1n) is 5.29. The number of rotatable bonds is 4. The molecule has 86 valence electrons. The van der Waals surface area contributed by atoms with Crippen molar-refractivity contribution in [1.29, 1.82) is 0 Å². The van der Waals surface area contributed by atoms with Crippen molar-refractivity contribution in [2.75, 3.05) is 0 Å². The second-order valence-electron chi connectivity index (χ2n) is 3.67. The van der Waals surface area contributed by atoms with Gasteiger partial charge in [0.15, 0.2) is 5.76 Å². The molecule has 1 N–H and O–H groups in total. The van der Waals surface area contributed by atoms with E-state index in [4.69, 9.17) is 8.94 Å². The Bertz CT molecular complexity index is 461. The van der Waals surface area contributed by atoms with E-state index in [1.165, 1.54) is 0 Å². The Hall–Kier alpha value is -1.62. The summed E-state index contributed by atoms with van der Waals surface area (Å²) in [5.41, 5.74) is 0. The van der Waals surface area contributed by atoms with Crippen molar-refractivity contribution < 1.29 is 14.0 Å². The smallest absolute Gasteiger partial charge is 0.293 e. The summed E-state index contributed by atoms with van der Waals surface area (Å²) in [6.07, 6.45) is 0.819.